The van der Waals surface area contributed by atoms with E-state index in [1.807, 2.05) is 18.2 Å². The van der Waals surface area contributed by atoms with Crippen LogP contribution in [0.25, 0.3) is 21.9 Å². The highest BCUT2D eigenvalue weighted by molar-refractivity contribution is 6.04. The molecular formula is C18H13FN4O2. The zero-order valence-corrected chi connectivity index (χ0v) is 13.2. The predicted octanol–water partition coefficient (Wildman–Crippen LogP) is 2.91. The SMILES string of the molecule is COc1ccc2c(c1)[nH]c1c(=O)n(/N=C\c3ccc(F)cc3)cnc12. The minimum absolute atomic E-state index is 0.321. The van der Waals surface area contributed by atoms with Crippen LogP contribution in [0.5, 0.6) is 5.75 Å². The fourth-order valence-corrected chi connectivity index (χ4v) is 2.62. The number of hydrogen-bond acceptors (Lipinski definition) is 4. The third kappa shape index (κ3) is 2.65. The monoisotopic (exact) mass is 336 g/mol. The number of ether oxygens (including phenoxy) is 1. The first-order chi connectivity index (χ1) is 12.2. The summed E-state index contributed by atoms with van der Waals surface area (Å²) < 4.78 is 19.3. The van der Waals surface area contributed by atoms with Gasteiger partial charge in [0.05, 0.1) is 18.8 Å². The van der Waals surface area contributed by atoms with Crippen LogP contribution in [0.3, 0.4) is 0 Å². The van der Waals surface area contributed by atoms with Crippen LogP contribution in [-0.2, 0) is 0 Å². The minimum Gasteiger partial charge on any atom is -0.497 e. The minimum atomic E-state index is -0.328. The first kappa shape index (κ1) is 15.1. The number of hydrogen-bond donors (Lipinski definition) is 1. The van der Waals surface area contributed by atoms with E-state index in [0.29, 0.717) is 22.3 Å². The molecule has 0 bridgehead atoms. The molecule has 2 aromatic carbocycles. The van der Waals surface area contributed by atoms with Gasteiger partial charge in [0, 0.05) is 11.5 Å². The molecule has 0 aliphatic carbocycles. The number of fused-ring (bicyclic) bond motifs is 3. The third-order valence-electron chi connectivity index (χ3n) is 3.90. The maximum atomic E-state index is 12.9. The number of aromatic amines is 1. The standard InChI is InChI=1S/C18H13FN4O2/c1-25-13-6-7-14-15(8-13)22-17-16(14)20-10-23(18(17)24)21-9-11-2-4-12(19)5-3-11/h2-10,22H,1H3/b21-9-. The molecule has 1 N–H and O–H groups in total. The second-order valence-corrected chi connectivity index (χ2v) is 5.45. The van der Waals surface area contributed by atoms with E-state index in [1.54, 1.807) is 19.2 Å². The lowest BCUT2D eigenvalue weighted by Gasteiger charge is -1.98. The van der Waals surface area contributed by atoms with Gasteiger partial charge in [-0.2, -0.15) is 9.78 Å². The largest absolute Gasteiger partial charge is 0.497 e. The number of halogens is 1. The van der Waals surface area contributed by atoms with Gasteiger partial charge in [-0.3, -0.25) is 4.79 Å². The zero-order chi connectivity index (χ0) is 17.4. The summed E-state index contributed by atoms with van der Waals surface area (Å²) in [6, 6.07) is 11.3. The third-order valence-corrected chi connectivity index (χ3v) is 3.90. The highest BCUT2D eigenvalue weighted by atomic mass is 19.1. The van der Waals surface area contributed by atoms with Crippen molar-refractivity contribution in [2.75, 3.05) is 7.11 Å². The molecule has 0 radical (unpaired) electrons. The van der Waals surface area contributed by atoms with Gasteiger partial charge in [0.15, 0.2) is 0 Å². The smallest absolute Gasteiger partial charge is 0.298 e. The normalized spacial score (nSPS) is 11.6. The molecule has 2 heterocycles. The van der Waals surface area contributed by atoms with Gasteiger partial charge in [-0.15, -0.1) is 0 Å². The maximum Gasteiger partial charge on any atom is 0.298 e. The number of benzene rings is 2. The lowest BCUT2D eigenvalue weighted by Crippen LogP contribution is -2.17. The molecular weight excluding hydrogens is 323 g/mol. The van der Waals surface area contributed by atoms with Crippen molar-refractivity contribution in [3.8, 4) is 5.75 Å². The van der Waals surface area contributed by atoms with Crippen LogP contribution in [-0.4, -0.2) is 28.0 Å². The lowest BCUT2D eigenvalue weighted by atomic mass is 10.2. The molecule has 25 heavy (non-hydrogen) atoms. The topological polar surface area (TPSA) is 72.3 Å². The number of aromatic nitrogens is 3. The molecule has 2 aromatic heterocycles. The van der Waals surface area contributed by atoms with E-state index in [9.17, 15) is 9.18 Å². The molecule has 0 atom stereocenters. The zero-order valence-electron chi connectivity index (χ0n) is 13.2. The van der Waals surface area contributed by atoms with Crippen molar-refractivity contribution in [1.82, 2.24) is 14.6 Å². The molecule has 124 valence electrons. The molecule has 0 amide bonds. The molecule has 7 heteroatoms. The fourth-order valence-electron chi connectivity index (χ4n) is 2.62. The van der Waals surface area contributed by atoms with Crippen molar-refractivity contribution in [2.24, 2.45) is 5.10 Å². The highest BCUT2D eigenvalue weighted by Gasteiger charge is 2.11. The molecule has 0 aliphatic heterocycles. The van der Waals surface area contributed by atoms with Gasteiger partial charge in [-0.25, -0.2) is 9.37 Å². The van der Waals surface area contributed by atoms with E-state index in [0.717, 1.165) is 15.6 Å². The number of H-pyrrole nitrogens is 1. The van der Waals surface area contributed by atoms with Gasteiger partial charge in [0.1, 0.15) is 28.9 Å². The first-order valence-electron chi connectivity index (χ1n) is 7.53. The number of nitrogens with zero attached hydrogens (tertiary/aromatic N) is 3. The van der Waals surface area contributed by atoms with E-state index < -0.39 is 0 Å². The van der Waals surface area contributed by atoms with Crippen LogP contribution in [0.15, 0.2) is 58.7 Å². The van der Waals surface area contributed by atoms with E-state index in [4.69, 9.17) is 4.74 Å². The Morgan fingerprint density at radius 1 is 1.24 bits per heavy atom. The Kier molecular flexibility index (Phi) is 3.53. The Bertz CT molecular complexity index is 1160. The van der Waals surface area contributed by atoms with Crippen LogP contribution in [0.2, 0.25) is 0 Å². The van der Waals surface area contributed by atoms with Crippen LogP contribution < -0.4 is 10.3 Å². The summed E-state index contributed by atoms with van der Waals surface area (Å²) in [6.45, 7) is 0. The van der Waals surface area contributed by atoms with Crippen molar-refractivity contribution < 1.29 is 9.13 Å². The number of rotatable bonds is 3. The summed E-state index contributed by atoms with van der Waals surface area (Å²) in [5.41, 5.74) is 2.06. The van der Waals surface area contributed by atoms with E-state index in [1.165, 1.54) is 24.7 Å². The van der Waals surface area contributed by atoms with Gasteiger partial charge in [0.2, 0.25) is 0 Å². The lowest BCUT2D eigenvalue weighted by molar-refractivity contribution is 0.415. The summed E-state index contributed by atoms with van der Waals surface area (Å²) in [7, 11) is 1.58. The molecule has 0 spiro atoms. The summed E-state index contributed by atoms with van der Waals surface area (Å²) >= 11 is 0. The molecule has 0 aliphatic rings. The molecule has 0 unspecified atom stereocenters. The second-order valence-electron chi connectivity index (χ2n) is 5.45. The Labute approximate surface area is 141 Å². The van der Waals surface area contributed by atoms with Gasteiger partial charge in [0.25, 0.3) is 5.56 Å². The van der Waals surface area contributed by atoms with Gasteiger partial charge in [-0.05, 0) is 29.8 Å². The van der Waals surface area contributed by atoms with Gasteiger partial charge >= 0.3 is 0 Å². The van der Waals surface area contributed by atoms with E-state index >= 15 is 0 Å². The van der Waals surface area contributed by atoms with Crippen LogP contribution in [0.4, 0.5) is 4.39 Å². The second kappa shape index (κ2) is 5.86. The molecule has 4 aromatic rings. The first-order valence-corrected chi connectivity index (χ1v) is 7.53. The van der Waals surface area contributed by atoms with Crippen LogP contribution in [0.1, 0.15) is 5.56 Å². The molecule has 0 saturated carbocycles. The summed E-state index contributed by atoms with van der Waals surface area (Å²) in [4.78, 5) is 20.0. The Morgan fingerprint density at radius 2 is 2.04 bits per heavy atom. The maximum absolute atomic E-state index is 12.9. The van der Waals surface area contributed by atoms with E-state index in [2.05, 4.69) is 15.1 Å². The Hall–Kier alpha value is -3.48. The van der Waals surface area contributed by atoms with Crippen molar-refractivity contribution in [3.05, 3.63) is 70.5 Å². The van der Waals surface area contributed by atoms with Gasteiger partial charge < -0.3 is 9.72 Å². The van der Waals surface area contributed by atoms with Crippen molar-refractivity contribution in [1.29, 1.82) is 0 Å². The Balaban J connectivity index is 1.80. The highest BCUT2D eigenvalue weighted by Crippen LogP contribution is 2.25. The molecule has 4 rings (SSSR count). The fraction of sp³-hybridized carbons (Fsp3) is 0.0556. The quantitative estimate of drug-likeness (QED) is 0.585. The molecule has 0 fully saturated rings. The van der Waals surface area contributed by atoms with Crippen molar-refractivity contribution in [3.63, 3.8) is 0 Å². The predicted molar refractivity (Wildman–Crippen MR) is 93.8 cm³/mol. The van der Waals surface area contributed by atoms with Crippen molar-refractivity contribution >= 4 is 28.2 Å². The average molecular weight is 336 g/mol. The Morgan fingerprint density at radius 3 is 2.80 bits per heavy atom. The van der Waals surface area contributed by atoms with Crippen LogP contribution in [0, 0.1) is 5.82 Å². The van der Waals surface area contributed by atoms with Crippen LogP contribution >= 0.6 is 0 Å². The van der Waals surface area contributed by atoms with Gasteiger partial charge in [-0.1, -0.05) is 12.1 Å². The molecule has 0 saturated heterocycles. The summed E-state index contributed by atoms with van der Waals surface area (Å²) in [5.74, 6) is 0.361. The molecule has 6 nitrogen and oxygen atoms in total. The average Bonchev–Trinajstić information content (AvgIpc) is 3.01. The summed E-state index contributed by atoms with van der Waals surface area (Å²) in [5, 5.41) is 4.94. The summed E-state index contributed by atoms with van der Waals surface area (Å²) in [6.07, 6.45) is 2.84. The number of nitrogens with one attached hydrogen (secondary N) is 1. The van der Waals surface area contributed by atoms with Crippen molar-refractivity contribution in [2.45, 2.75) is 0 Å². The number of methoxy groups -OCH3 is 1. The van der Waals surface area contributed by atoms with E-state index in [-0.39, 0.29) is 11.4 Å².